The number of carbonyl (C=O) groups excluding carboxylic acids is 1. The quantitative estimate of drug-likeness (QED) is 0.747. The van der Waals surface area contributed by atoms with Gasteiger partial charge < -0.3 is 9.72 Å². The highest BCUT2D eigenvalue weighted by Gasteiger charge is 2.18. The molecule has 0 aliphatic heterocycles. The van der Waals surface area contributed by atoms with Crippen molar-refractivity contribution in [3.05, 3.63) is 75.3 Å². The zero-order chi connectivity index (χ0) is 16.4. The zero-order valence-corrected chi connectivity index (χ0v) is 13.0. The van der Waals surface area contributed by atoms with E-state index in [1.165, 1.54) is 0 Å². The van der Waals surface area contributed by atoms with Crippen LogP contribution >= 0.6 is 11.6 Å². The van der Waals surface area contributed by atoms with E-state index in [0.29, 0.717) is 15.9 Å². The number of hydrogen-bond acceptors (Lipinski definition) is 4. The molecule has 0 amide bonds. The molecule has 2 aromatic carbocycles. The van der Waals surface area contributed by atoms with Crippen molar-refractivity contribution >= 4 is 28.5 Å². The highest BCUT2D eigenvalue weighted by atomic mass is 35.5. The van der Waals surface area contributed by atoms with Crippen LogP contribution in [0.1, 0.15) is 29.2 Å². The Morgan fingerprint density at radius 2 is 1.87 bits per heavy atom. The number of aromatic amines is 1. The molecular formula is C17H13ClN2O3. The number of H-pyrrole nitrogens is 1. The third-order valence-corrected chi connectivity index (χ3v) is 3.72. The average Bonchev–Trinajstić information content (AvgIpc) is 2.55. The monoisotopic (exact) mass is 328 g/mol. The number of nitrogens with zero attached hydrogens (tertiary/aromatic N) is 1. The van der Waals surface area contributed by atoms with Crippen LogP contribution in [0.2, 0.25) is 5.02 Å². The molecule has 1 atom stereocenters. The van der Waals surface area contributed by atoms with Crippen molar-refractivity contribution in [3.8, 4) is 0 Å². The molecule has 1 heterocycles. The number of carbonyl (C=O) groups is 1. The molecule has 23 heavy (non-hydrogen) atoms. The summed E-state index contributed by atoms with van der Waals surface area (Å²) in [5, 5.41) is 0.797. The molecule has 1 aromatic heterocycles. The number of nitrogens with one attached hydrogen (secondary N) is 1. The van der Waals surface area contributed by atoms with Crippen LogP contribution in [0, 0.1) is 0 Å². The molecule has 0 aliphatic carbocycles. The molecule has 0 fully saturated rings. The Balaban J connectivity index is 1.89. The summed E-state index contributed by atoms with van der Waals surface area (Å²) in [5.74, 6) is -0.284. The first-order chi connectivity index (χ1) is 11.1. The Morgan fingerprint density at radius 1 is 1.17 bits per heavy atom. The van der Waals surface area contributed by atoms with Crippen molar-refractivity contribution in [2.24, 2.45) is 0 Å². The fourth-order valence-electron chi connectivity index (χ4n) is 2.20. The number of fused-ring (bicyclic) bond motifs is 1. The van der Waals surface area contributed by atoms with E-state index in [1.807, 2.05) is 0 Å². The molecule has 1 unspecified atom stereocenters. The van der Waals surface area contributed by atoms with Gasteiger partial charge in [0.25, 0.3) is 5.56 Å². The molecule has 116 valence electrons. The van der Waals surface area contributed by atoms with Crippen molar-refractivity contribution < 1.29 is 9.53 Å². The summed E-state index contributed by atoms with van der Waals surface area (Å²) < 4.78 is 5.35. The summed E-state index contributed by atoms with van der Waals surface area (Å²) in [5.41, 5.74) is 0.544. The van der Waals surface area contributed by atoms with Crippen LogP contribution < -0.4 is 5.56 Å². The standard InChI is InChI=1S/C17H13ClN2O3/c1-10(23-17(22)11-6-2-4-8-13(11)18)15-19-14-9-5-3-7-12(14)16(21)20-15/h2-10H,1H3,(H,19,20,21). The van der Waals surface area contributed by atoms with Crippen LogP contribution in [-0.4, -0.2) is 15.9 Å². The number of rotatable bonds is 3. The van der Waals surface area contributed by atoms with Gasteiger partial charge in [-0.1, -0.05) is 35.9 Å². The van der Waals surface area contributed by atoms with Gasteiger partial charge in [0.1, 0.15) is 0 Å². The highest BCUT2D eigenvalue weighted by Crippen LogP contribution is 2.20. The fourth-order valence-corrected chi connectivity index (χ4v) is 2.42. The second kappa shape index (κ2) is 6.22. The summed E-state index contributed by atoms with van der Waals surface area (Å²) in [4.78, 5) is 31.2. The predicted octanol–water partition coefficient (Wildman–Crippen LogP) is 3.49. The molecule has 1 N–H and O–H groups in total. The maximum atomic E-state index is 12.2. The Kier molecular flexibility index (Phi) is 4.12. The van der Waals surface area contributed by atoms with Crippen molar-refractivity contribution in [2.45, 2.75) is 13.0 Å². The minimum absolute atomic E-state index is 0.268. The largest absolute Gasteiger partial charge is 0.451 e. The third-order valence-electron chi connectivity index (χ3n) is 3.39. The average molecular weight is 329 g/mol. The third kappa shape index (κ3) is 3.10. The molecule has 5 nitrogen and oxygen atoms in total. The van der Waals surface area contributed by atoms with Crippen molar-refractivity contribution in [1.82, 2.24) is 9.97 Å². The SMILES string of the molecule is CC(OC(=O)c1ccccc1Cl)c1nc2ccccc2c(=O)[nH]1. The van der Waals surface area contributed by atoms with Crippen LogP contribution in [0.3, 0.4) is 0 Å². The molecule has 0 aliphatic rings. The Bertz CT molecular complexity index is 936. The molecule has 0 saturated carbocycles. The smallest absolute Gasteiger partial charge is 0.340 e. The predicted molar refractivity (Wildman–Crippen MR) is 87.6 cm³/mol. The molecule has 0 saturated heterocycles. The fraction of sp³-hybridized carbons (Fsp3) is 0.118. The minimum atomic E-state index is -0.712. The Hall–Kier alpha value is -2.66. The van der Waals surface area contributed by atoms with Gasteiger partial charge in [-0.05, 0) is 31.2 Å². The number of benzene rings is 2. The van der Waals surface area contributed by atoms with Crippen LogP contribution in [0.15, 0.2) is 53.3 Å². The number of aromatic nitrogens is 2. The first-order valence-electron chi connectivity index (χ1n) is 7.00. The molecule has 0 radical (unpaired) electrons. The second-order valence-electron chi connectivity index (χ2n) is 5.00. The first-order valence-corrected chi connectivity index (χ1v) is 7.38. The summed E-state index contributed by atoms with van der Waals surface area (Å²) >= 11 is 5.98. The van der Waals surface area contributed by atoms with E-state index in [1.54, 1.807) is 55.5 Å². The lowest BCUT2D eigenvalue weighted by Gasteiger charge is -2.13. The normalized spacial score (nSPS) is 12.1. The van der Waals surface area contributed by atoms with Crippen LogP contribution in [0.4, 0.5) is 0 Å². The lowest BCUT2D eigenvalue weighted by Crippen LogP contribution is -2.17. The van der Waals surface area contributed by atoms with Crippen LogP contribution in [-0.2, 0) is 4.74 Å². The minimum Gasteiger partial charge on any atom is -0.451 e. The maximum Gasteiger partial charge on any atom is 0.340 e. The number of halogens is 1. The van der Waals surface area contributed by atoms with E-state index in [2.05, 4.69) is 9.97 Å². The van der Waals surface area contributed by atoms with Crippen molar-refractivity contribution in [2.75, 3.05) is 0 Å². The summed E-state index contributed by atoms with van der Waals surface area (Å²) in [6.07, 6.45) is -0.712. The van der Waals surface area contributed by atoms with Gasteiger partial charge in [0.05, 0.1) is 21.5 Å². The van der Waals surface area contributed by atoms with Crippen LogP contribution in [0.25, 0.3) is 10.9 Å². The van der Waals surface area contributed by atoms with E-state index >= 15 is 0 Å². The zero-order valence-electron chi connectivity index (χ0n) is 12.2. The van der Waals surface area contributed by atoms with Gasteiger partial charge in [0.15, 0.2) is 11.9 Å². The molecule has 0 spiro atoms. The number of para-hydroxylation sites is 1. The van der Waals surface area contributed by atoms with Gasteiger partial charge in [0, 0.05) is 0 Å². The number of ether oxygens (including phenoxy) is 1. The Morgan fingerprint density at radius 3 is 2.65 bits per heavy atom. The summed E-state index contributed by atoms with van der Waals surface area (Å²) in [6, 6.07) is 13.6. The topological polar surface area (TPSA) is 72.0 Å². The molecule has 6 heteroatoms. The highest BCUT2D eigenvalue weighted by molar-refractivity contribution is 6.33. The molecular weight excluding hydrogens is 316 g/mol. The van der Waals surface area contributed by atoms with Crippen molar-refractivity contribution in [1.29, 1.82) is 0 Å². The Labute approximate surface area is 136 Å². The van der Waals surface area contributed by atoms with Crippen molar-refractivity contribution in [3.63, 3.8) is 0 Å². The van der Waals surface area contributed by atoms with Gasteiger partial charge in [-0.15, -0.1) is 0 Å². The van der Waals surface area contributed by atoms with E-state index < -0.39 is 12.1 Å². The van der Waals surface area contributed by atoms with Gasteiger partial charge in [-0.25, -0.2) is 9.78 Å². The van der Waals surface area contributed by atoms with E-state index in [4.69, 9.17) is 16.3 Å². The molecule has 3 rings (SSSR count). The summed E-state index contributed by atoms with van der Waals surface area (Å²) in [6.45, 7) is 1.64. The first kappa shape index (κ1) is 15.2. The lowest BCUT2D eigenvalue weighted by atomic mass is 10.2. The summed E-state index contributed by atoms with van der Waals surface area (Å²) in [7, 11) is 0. The lowest BCUT2D eigenvalue weighted by molar-refractivity contribution is 0.0320. The molecule has 3 aromatic rings. The number of esters is 1. The van der Waals surface area contributed by atoms with E-state index in [9.17, 15) is 9.59 Å². The molecule has 0 bridgehead atoms. The van der Waals surface area contributed by atoms with E-state index in [0.717, 1.165) is 0 Å². The van der Waals surface area contributed by atoms with Gasteiger partial charge >= 0.3 is 5.97 Å². The van der Waals surface area contributed by atoms with E-state index in [-0.39, 0.29) is 16.9 Å². The van der Waals surface area contributed by atoms with Gasteiger partial charge in [0.2, 0.25) is 0 Å². The second-order valence-corrected chi connectivity index (χ2v) is 5.40. The maximum absolute atomic E-state index is 12.2. The van der Waals surface area contributed by atoms with Crippen LogP contribution in [0.5, 0.6) is 0 Å². The van der Waals surface area contributed by atoms with Gasteiger partial charge in [-0.2, -0.15) is 0 Å². The van der Waals surface area contributed by atoms with Gasteiger partial charge in [-0.3, -0.25) is 4.79 Å². The number of hydrogen-bond donors (Lipinski definition) is 1.